The first-order chi connectivity index (χ1) is 11.6. The molecule has 24 heavy (non-hydrogen) atoms. The zero-order valence-corrected chi connectivity index (χ0v) is 14.3. The largest absolute Gasteiger partial charge is 0.361 e. The maximum absolute atomic E-state index is 13.5. The number of carbonyl (C=O) groups is 1. The number of carbonyl (C=O) groups excluding carboxylic acids is 1. The molecule has 2 aromatic carbocycles. The molecule has 3 aromatic rings. The van der Waals surface area contributed by atoms with Crippen LogP contribution in [0.3, 0.4) is 0 Å². The third-order valence-electron chi connectivity index (χ3n) is 3.91. The van der Waals surface area contributed by atoms with Gasteiger partial charge in [0, 0.05) is 28.5 Å². The first-order valence-corrected chi connectivity index (χ1v) is 8.83. The monoisotopic (exact) mass is 342 g/mol. The number of aromatic amines is 1. The van der Waals surface area contributed by atoms with Gasteiger partial charge in [0.2, 0.25) is 5.91 Å². The van der Waals surface area contributed by atoms with Gasteiger partial charge in [0.15, 0.2) is 0 Å². The quantitative estimate of drug-likeness (QED) is 0.663. The van der Waals surface area contributed by atoms with Gasteiger partial charge in [-0.1, -0.05) is 24.3 Å². The summed E-state index contributed by atoms with van der Waals surface area (Å²) >= 11 is 1.21. The molecule has 3 rings (SSSR count). The van der Waals surface area contributed by atoms with Crippen molar-refractivity contribution in [3.8, 4) is 0 Å². The Kier molecular flexibility index (Phi) is 5.20. The molecule has 0 spiro atoms. The summed E-state index contributed by atoms with van der Waals surface area (Å²) in [4.78, 5) is 15.7. The number of nitrogens with one attached hydrogen (secondary N) is 2. The Balaban J connectivity index is 1.51. The standard InChI is InChI=1S/C19H19FN2OS/c1-13-5-4-7-16-19(13)14(11-22-16)9-10-21-18(23)12-24-17-8-3-2-6-15(17)20/h2-8,11,22H,9-10,12H2,1H3,(H,21,23). The van der Waals surface area contributed by atoms with Gasteiger partial charge in [-0.15, -0.1) is 11.8 Å². The number of benzene rings is 2. The zero-order valence-electron chi connectivity index (χ0n) is 13.4. The first-order valence-electron chi connectivity index (χ1n) is 7.85. The minimum absolute atomic E-state index is 0.0835. The number of hydrogen-bond donors (Lipinski definition) is 2. The number of aryl methyl sites for hydroxylation is 1. The van der Waals surface area contributed by atoms with Gasteiger partial charge in [0.05, 0.1) is 5.75 Å². The summed E-state index contributed by atoms with van der Waals surface area (Å²) in [7, 11) is 0. The molecule has 1 heterocycles. The molecular weight excluding hydrogens is 323 g/mol. The van der Waals surface area contributed by atoms with Crippen molar-refractivity contribution < 1.29 is 9.18 Å². The summed E-state index contributed by atoms with van der Waals surface area (Å²) in [6.07, 6.45) is 2.76. The first kappa shape index (κ1) is 16.6. The zero-order chi connectivity index (χ0) is 16.9. The number of fused-ring (bicyclic) bond motifs is 1. The van der Waals surface area contributed by atoms with Crippen molar-refractivity contribution >= 4 is 28.6 Å². The molecule has 0 saturated carbocycles. The number of thioether (sulfide) groups is 1. The summed E-state index contributed by atoms with van der Waals surface area (Å²) < 4.78 is 13.5. The highest BCUT2D eigenvalue weighted by molar-refractivity contribution is 8.00. The number of hydrogen-bond acceptors (Lipinski definition) is 2. The van der Waals surface area contributed by atoms with Crippen LogP contribution in [0.1, 0.15) is 11.1 Å². The Morgan fingerprint density at radius 1 is 1.21 bits per heavy atom. The van der Waals surface area contributed by atoms with Crippen LogP contribution in [0.15, 0.2) is 53.6 Å². The van der Waals surface area contributed by atoms with Crippen LogP contribution in [0.4, 0.5) is 4.39 Å². The number of amides is 1. The van der Waals surface area contributed by atoms with E-state index in [2.05, 4.69) is 29.4 Å². The molecule has 1 aromatic heterocycles. The lowest BCUT2D eigenvalue weighted by Gasteiger charge is -2.06. The van der Waals surface area contributed by atoms with Crippen molar-refractivity contribution in [2.24, 2.45) is 0 Å². The molecule has 0 atom stereocenters. The van der Waals surface area contributed by atoms with E-state index in [9.17, 15) is 9.18 Å². The summed E-state index contributed by atoms with van der Waals surface area (Å²) in [6, 6.07) is 12.7. The average molecular weight is 342 g/mol. The van der Waals surface area contributed by atoms with Crippen molar-refractivity contribution in [1.82, 2.24) is 10.3 Å². The van der Waals surface area contributed by atoms with Gasteiger partial charge in [-0.25, -0.2) is 4.39 Å². The van der Waals surface area contributed by atoms with E-state index in [0.29, 0.717) is 11.4 Å². The van der Waals surface area contributed by atoms with Gasteiger partial charge in [-0.2, -0.15) is 0 Å². The topological polar surface area (TPSA) is 44.9 Å². The fourth-order valence-electron chi connectivity index (χ4n) is 2.74. The molecule has 0 aliphatic carbocycles. The summed E-state index contributed by atoms with van der Waals surface area (Å²) in [5.74, 6) is -0.155. The molecule has 3 nitrogen and oxygen atoms in total. The van der Waals surface area contributed by atoms with Crippen LogP contribution < -0.4 is 5.32 Å². The van der Waals surface area contributed by atoms with E-state index in [0.717, 1.165) is 11.9 Å². The minimum Gasteiger partial charge on any atom is -0.361 e. The highest BCUT2D eigenvalue weighted by atomic mass is 32.2. The van der Waals surface area contributed by atoms with Gasteiger partial charge >= 0.3 is 0 Å². The number of aromatic nitrogens is 1. The van der Waals surface area contributed by atoms with E-state index >= 15 is 0 Å². The Morgan fingerprint density at radius 2 is 2.04 bits per heavy atom. The predicted molar refractivity (Wildman–Crippen MR) is 96.9 cm³/mol. The fraction of sp³-hybridized carbons (Fsp3) is 0.211. The highest BCUT2D eigenvalue weighted by Crippen LogP contribution is 2.22. The summed E-state index contributed by atoms with van der Waals surface area (Å²) in [5, 5.41) is 4.13. The van der Waals surface area contributed by atoms with Crippen molar-refractivity contribution in [3.63, 3.8) is 0 Å². The van der Waals surface area contributed by atoms with Gasteiger partial charge < -0.3 is 10.3 Å². The lowest BCUT2D eigenvalue weighted by atomic mass is 10.1. The van der Waals surface area contributed by atoms with Crippen LogP contribution in [-0.2, 0) is 11.2 Å². The molecule has 0 unspecified atom stereocenters. The van der Waals surface area contributed by atoms with Crippen molar-refractivity contribution in [2.75, 3.05) is 12.3 Å². The van der Waals surface area contributed by atoms with Gasteiger partial charge in [-0.05, 0) is 42.7 Å². The van der Waals surface area contributed by atoms with E-state index in [-0.39, 0.29) is 17.5 Å². The molecule has 0 saturated heterocycles. The van der Waals surface area contributed by atoms with E-state index in [1.54, 1.807) is 18.2 Å². The van der Waals surface area contributed by atoms with Crippen LogP contribution in [0.5, 0.6) is 0 Å². The predicted octanol–water partition coefficient (Wildman–Crippen LogP) is 4.07. The lowest BCUT2D eigenvalue weighted by molar-refractivity contribution is -0.118. The van der Waals surface area contributed by atoms with Gasteiger partial charge in [0.25, 0.3) is 0 Å². The van der Waals surface area contributed by atoms with Crippen LogP contribution in [0.2, 0.25) is 0 Å². The normalized spacial score (nSPS) is 10.9. The Morgan fingerprint density at radius 3 is 2.88 bits per heavy atom. The molecule has 0 aliphatic heterocycles. The SMILES string of the molecule is Cc1cccc2[nH]cc(CCNC(=O)CSc3ccccc3F)c12. The van der Waals surface area contributed by atoms with Crippen LogP contribution in [0.25, 0.3) is 10.9 Å². The maximum Gasteiger partial charge on any atom is 0.230 e. The molecule has 5 heteroatoms. The number of halogens is 1. The molecular formula is C19H19FN2OS. The molecule has 0 aliphatic rings. The van der Waals surface area contributed by atoms with Crippen molar-refractivity contribution in [3.05, 3.63) is 65.6 Å². The smallest absolute Gasteiger partial charge is 0.230 e. The Bertz CT molecular complexity index is 859. The Hall–Kier alpha value is -2.27. The van der Waals surface area contributed by atoms with E-state index in [1.807, 2.05) is 12.3 Å². The fourth-order valence-corrected chi connectivity index (χ4v) is 3.51. The van der Waals surface area contributed by atoms with Gasteiger partial charge in [-0.3, -0.25) is 4.79 Å². The van der Waals surface area contributed by atoms with Crippen molar-refractivity contribution in [2.45, 2.75) is 18.2 Å². The second-order valence-corrected chi connectivity index (χ2v) is 6.65. The summed E-state index contributed by atoms with van der Waals surface area (Å²) in [5.41, 5.74) is 3.54. The molecule has 0 fully saturated rings. The molecule has 0 bridgehead atoms. The lowest BCUT2D eigenvalue weighted by Crippen LogP contribution is -2.27. The second-order valence-electron chi connectivity index (χ2n) is 5.63. The average Bonchev–Trinajstić information content (AvgIpc) is 2.99. The number of H-pyrrole nitrogens is 1. The molecule has 0 radical (unpaired) electrons. The van der Waals surface area contributed by atoms with E-state index < -0.39 is 0 Å². The number of rotatable bonds is 6. The van der Waals surface area contributed by atoms with Crippen LogP contribution in [0, 0.1) is 12.7 Å². The third-order valence-corrected chi connectivity index (χ3v) is 4.96. The summed E-state index contributed by atoms with van der Waals surface area (Å²) in [6.45, 7) is 2.65. The maximum atomic E-state index is 13.5. The van der Waals surface area contributed by atoms with Crippen LogP contribution >= 0.6 is 11.8 Å². The van der Waals surface area contributed by atoms with Crippen molar-refractivity contribution in [1.29, 1.82) is 0 Å². The highest BCUT2D eigenvalue weighted by Gasteiger charge is 2.08. The van der Waals surface area contributed by atoms with Gasteiger partial charge in [0.1, 0.15) is 5.82 Å². The third kappa shape index (κ3) is 3.79. The van der Waals surface area contributed by atoms with E-state index in [4.69, 9.17) is 0 Å². The molecule has 124 valence electrons. The minimum atomic E-state index is -0.287. The second kappa shape index (κ2) is 7.53. The Labute approximate surface area is 144 Å². The van der Waals surface area contributed by atoms with Crippen LogP contribution in [-0.4, -0.2) is 23.2 Å². The molecule has 2 N–H and O–H groups in total. The molecule has 1 amide bonds. The van der Waals surface area contributed by atoms with E-state index in [1.165, 1.54) is 34.3 Å².